The Labute approximate surface area is 163 Å². The standard InChI is InChI=1S/C13H12BF3NO2.K/c1-19-13-5-3-2-4-10(13)9-20-12-6-11(7-18-8-12)14(15,16)17;/h2-8H,9H2,1H3;/q-1;+1. The minimum Gasteiger partial charge on any atom is -0.496 e. The Balaban J connectivity index is 0.00000220. The maximum Gasteiger partial charge on any atom is 1.00 e. The van der Waals surface area contributed by atoms with Crippen LogP contribution in [0.15, 0.2) is 42.7 Å². The van der Waals surface area contributed by atoms with Crippen LogP contribution in [0, 0.1) is 0 Å². The first-order chi connectivity index (χ1) is 9.50. The maximum absolute atomic E-state index is 12.6. The van der Waals surface area contributed by atoms with Gasteiger partial charge in [-0.15, -0.1) is 0 Å². The van der Waals surface area contributed by atoms with E-state index in [1.54, 1.807) is 24.3 Å². The number of methoxy groups -OCH3 is 1. The second-order valence-corrected chi connectivity index (χ2v) is 4.13. The van der Waals surface area contributed by atoms with Gasteiger partial charge in [-0.3, -0.25) is 4.98 Å². The first kappa shape index (κ1) is 18.5. The predicted octanol–water partition coefficient (Wildman–Crippen LogP) is -0.272. The summed E-state index contributed by atoms with van der Waals surface area (Å²) >= 11 is 0. The first-order valence-electron chi connectivity index (χ1n) is 5.90. The molecule has 0 unspecified atom stereocenters. The summed E-state index contributed by atoms with van der Waals surface area (Å²) in [6.45, 7) is -4.96. The van der Waals surface area contributed by atoms with Gasteiger partial charge in [0.2, 0.25) is 0 Å². The second kappa shape index (κ2) is 8.19. The molecule has 106 valence electrons. The van der Waals surface area contributed by atoms with E-state index in [9.17, 15) is 12.9 Å². The number of para-hydroxylation sites is 1. The van der Waals surface area contributed by atoms with Crippen molar-refractivity contribution in [3.05, 3.63) is 48.3 Å². The molecule has 0 saturated carbocycles. The number of benzene rings is 1. The molecule has 2 rings (SSSR count). The largest absolute Gasteiger partial charge is 1.00 e. The van der Waals surface area contributed by atoms with Crippen LogP contribution in [-0.2, 0) is 6.61 Å². The van der Waals surface area contributed by atoms with Crippen LogP contribution in [0.1, 0.15) is 5.56 Å². The zero-order chi connectivity index (χ0) is 14.6. The molecule has 8 heteroatoms. The van der Waals surface area contributed by atoms with Gasteiger partial charge in [-0.1, -0.05) is 23.7 Å². The average molecular weight is 321 g/mol. The van der Waals surface area contributed by atoms with Gasteiger partial charge in [0.1, 0.15) is 18.1 Å². The summed E-state index contributed by atoms with van der Waals surface area (Å²) in [5, 5.41) is 0. The molecule has 0 aliphatic heterocycles. The number of ether oxygens (including phenoxy) is 2. The van der Waals surface area contributed by atoms with Crippen LogP contribution in [0.25, 0.3) is 0 Å². The number of aromatic nitrogens is 1. The van der Waals surface area contributed by atoms with Gasteiger partial charge in [-0.2, -0.15) is 0 Å². The van der Waals surface area contributed by atoms with Crippen molar-refractivity contribution in [2.45, 2.75) is 6.61 Å². The zero-order valence-electron chi connectivity index (χ0n) is 11.7. The third kappa shape index (κ3) is 5.30. The van der Waals surface area contributed by atoms with E-state index in [-0.39, 0.29) is 63.7 Å². The van der Waals surface area contributed by atoms with Crippen molar-refractivity contribution in [3.63, 3.8) is 0 Å². The Hall–Kier alpha value is -0.539. The molecule has 1 aromatic heterocycles. The van der Waals surface area contributed by atoms with Crippen LogP contribution in [0.2, 0.25) is 0 Å². The molecule has 0 radical (unpaired) electrons. The molecule has 1 heterocycles. The smallest absolute Gasteiger partial charge is 0.496 e. The zero-order valence-corrected chi connectivity index (χ0v) is 14.8. The van der Waals surface area contributed by atoms with Gasteiger partial charge in [-0.05, 0) is 12.1 Å². The van der Waals surface area contributed by atoms with Crippen molar-refractivity contribution in [1.82, 2.24) is 4.98 Å². The Morgan fingerprint density at radius 2 is 1.86 bits per heavy atom. The molecule has 0 aliphatic carbocycles. The number of hydrogen-bond acceptors (Lipinski definition) is 3. The normalized spacial score (nSPS) is 10.7. The number of nitrogens with zero attached hydrogens (tertiary/aromatic N) is 1. The van der Waals surface area contributed by atoms with Gasteiger partial charge in [0.25, 0.3) is 0 Å². The third-order valence-corrected chi connectivity index (χ3v) is 2.70. The van der Waals surface area contributed by atoms with Crippen molar-refractivity contribution in [3.8, 4) is 11.5 Å². The SMILES string of the molecule is COc1ccccc1COc1cncc([B-](F)(F)F)c1.[K+]. The minimum absolute atomic E-state index is 0. The number of rotatable bonds is 5. The summed E-state index contributed by atoms with van der Waals surface area (Å²) in [7, 11) is 1.52. The van der Waals surface area contributed by atoms with E-state index in [0.29, 0.717) is 5.75 Å². The Bertz CT molecular complexity index is 596. The van der Waals surface area contributed by atoms with Gasteiger partial charge in [0.05, 0.1) is 13.3 Å². The van der Waals surface area contributed by atoms with E-state index in [4.69, 9.17) is 9.47 Å². The van der Waals surface area contributed by atoms with Crippen LogP contribution in [0.4, 0.5) is 12.9 Å². The molecule has 3 nitrogen and oxygen atoms in total. The van der Waals surface area contributed by atoms with E-state index < -0.39 is 12.4 Å². The molecule has 0 atom stereocenters. The fourth-order valence-electron chi connectivity index (χ4n) is 1.68. The fourth-order valence-corrected chi connectivity index (χ4v) is 1.68. The van der Waals surface area contributed by atoms with E-state index in [1.807, 2.05) is 0 Å². The summed E-state index contributed by atoms with van der Waals surface area (Å²) in [5.41, 5.74) is -0.0274. The molecule has 2 aromatic rings. The van der Waals surface area contributed by atoms with Gasteiger partial charge in [-0.25, -0.2) is 0 Å². The van der Waals surface area contributed by atoms with Crippen molar-refractivity contribution < 1.29 is 73.8 Å². The fraction of sp³-hybridized carbons (Fsp3) is 0.154. The molecule has 21 heavy (non-hydrogen) atoms. The third-order valence-electron chi connectivity index (χ3n) is 2.70. The summed E-state index contributed by atoms with van der Waals surface area (Å²) < 4.78 is 48.3. The van der Waals surface area contributed by atoms with E-state index in [2.05, 4.69) is 4.98 Å². The van der Waals surface area contributed by atoms with E-state index in [1.165, 1.54) is 13.3 Å². The quantitative estimate of drug-likeness (QED) is 0.711. The average Bonchev–Trinajstić information content (AvgIpc) is 2.45. The maximum atomic E-state index is 12.6. The monoisotopic (exact) mass is 321 g/mol. The minimum atomic E-state index is -5.07. The molecule has 0 spiro atoms. The molecule has 1 aromatic carbocycles. The molecule has 0 aliphatic rings. The van der Waals surface area contributed by atoms with Crippen molar-refractivity contribution in [2.75, 3.05) is 7.11 Å². The van der Waals surface area contributed by atoms with Crippen LogP contribution in [0.5, 0.6) is 11.5 Å². The first-order valence-corrected chi connectivity index (χ1v) is 5.90. The summed E-state index contributed by atoms with van der Waals surface area (Å²) in [5.74, 6) is 0.698. The molecule has 0 saturated heterocycles. The predicted molar refractivity (Wildman–Crippen MR) is 70.3 cm³/mol. The van der Waals surface area contributed by atoms with Gasteiger partial charge in [0, 0.05) is 11.8 Å². The van der Waals surface area contributed by atoms with Crippen molar-refractivity contribution in [1.29, 1.82) is 0 Å². The van der Waals surface area contributed by atoms with E-state index >= 15 is 0 Å². The van der Waals surface area contributed by atoms with Crippen LogP contribution >= 0.6 is 0 Å². The molecule has 0 amide bonds. The van der Waals surface area contributed by atoms with Crippen LogP contribution in [-0.4, -0.2) is 19.1 Å². The summed E-state index contributed by atoms with van der Waals surface area (Å²) in [6.07, 6.45) is 2.04. The van der Waals surface area contributed by atoms with Gasteiger partial charge < -0.3 is 22.4 Å². The van der Waals surface area contributed by atoms with Crippen LogP contribution < -0.4 is 66.3 Å². The van der Waals surface area contributed by atoms with Gasteiger partial charge in [0.15, 0.2) is 0 Å². The Morgan fingerprint density at radius 1 is 1.14 bits per heavy atom. The van der Waals surface area contributed by atoms with Gasteiger partial charge >= 0.3 is 58.4 Å². The summed E-state index contributed by atoms with van der Waals surface area (Å²) in [6, 6.07) is 8.09. The Kier molecular flexibility index (Phi) is 7.22. The number of pyridine rings is 1. The van der Waals surface area contributed by atoms with Crippen molar-refractivity contribution in [2.24, 2.45) is 0 Å². The Morgan fingerprint density at radius 3 is 2.52 bits per heavy atom. The topological polar surface area (TPSA) is 31.4 Å². The summed E-state index contributed by atoms with van der Waals surface area (Å²) in [4.78, 5) is 3.55. The number of hydrogen-bond donors (Lipinski definition) is 0. The van der Waals surface area contributed by atoms with Crippen molar-refractivity contribution >= 4 is 12.4 Å². The molecule has 0 bridgehead atoms. The molecule has 0 fully saturated rings. The molecule has 0 N–H and O–H groups in total. The van der Waals surface area contributed by atoms with E-state index in [0.717, 1.165) is 17.8 Å². The van der Waals surface area contributed by atoms with Crippen LogP contribution in [0.3, 0.4) is 0 Å². The molecular formula is C13H12BF3KNO2. The number of halogens is 3. The second-order valence-electron chi connectivity index (χ2n) is 4.13. The molecular weight excluding hydrogens is 309 g/mol.